The lowest BCUT2D eigenvalue weighted by Gasteiger charge is -2.23. The average molecular weight is 253 g/mol. The second-order valence-electron chi connectivity index (χ2n) is 4.18. The summed E-state index contributed by atoms with van der Waals surface area (Å²) < 4.78 is 5.29. The second-order valence-corrected chi connectivity index (χ2v) is 4.18. The quantitative estimate of drug-likeness (QED) is 0.359. The molecule has 100 valence electrons. The molecule has 1 heterocycles. The van der Waals surface area contributed by atoms with Crippen LogP contribution in [0.15, 0.2) is 21.7 Å². The first-order valence-corrected chi connectivity index (χ1v) is 5.82. The normalized spacial score (nSPS) is 13.4. The maximum atomic E-state index is 12.1. The molecule has 0 bridgehead atoms. The van der Waals surface area contributed by atoms with Crippen molar-refractivity contribution in [2.24, 2.45) is 16.8 Å². The van der Waals surface area contributed by atoms with Gasteiger partial charge in [-0.2, -0.15) is 0 Å². The van der Waals surface area contributed by atoms with Crippen molar-refractivity contribution in [1.29, 1.82) is 0 Å². The van der Waals surface area contributed by atoms with Crippen LogP contribution in [-0.2, 0) is 0 Å². The average Bonchev–Trinajstić information content (AvgIpc) is 2.80. The first-order valence-electron chi connectivity index (χ1n) is 5.82. The third kappa shape index (κ3) is 3.26. The van der Waals surface area contributed by atoms with Crippen LogP contribution in [0.2, 0.25) is 0 Å². The molecule has 3 N–H and O–H groups in total. The first-order chi connectivity index (χ1) is 8.49. The summed E-state index contributed by atoms with van der Waals surface area (Å²) in [4.78, 5) is 13.7. The van der Waals surface area contributed by atoms with Gasteiger partial charge in [-0.3, -0.25) is 4.79 Å². The maximum absolute atomic E-state index is 12.1. The molecule has 0 fully saturated rings. The van der Waals surface area contributed by atoms with Crippen LogP contribution in [0.25, 0.3) is 0 Å². The van der Waals surface area contributed by atoms with Gasteiger partial charge in [0.2, 0.25) is 0 Å². The standard InChI is InChI=1S/C12H19N3O3/c1-4-15(7-8(2)11(13)14-17)12(16)10-6-5-9(3)18-10/h5-6,8,17H,4,7H2,1-3H3,(H2,13,14). The Morgan fingerprint density at radius 1 is 1.61 bits per heavy atom. The number of aryl methyl sites for hydroxylation is 1. The summed E-state index contributed by atoms with van der Waals surface area (Å²) in [6, 6.07) is 3.39. The van der Waals surface area contributed by atoms with Gasteiger partial charge < -0.3 is 20.3 Å². The van der Waals surface area contributed by atoms with Gasteiger partial charge in [-0.15, -0.1) is 0 Å². The molecule has 0 aliphatic heterocycles. The number of carbonyl (C=O) groups is 1. The molecular weight excluding hydrogens is 234 g/mol. The van der Waals surface area contributed by atoms with E-state index in [1.807, 2.05) is 6.92 Å². The maximum Gasteiger partial charge on any atom is 0.289 e. The molecule has 1 rings (SSSR count). The minimum atomic E-state index is -0.213. The zero-order valence-corrected chi connectivity index (χ0v) is 10.9. The SMILES string of the molecule is CCN(CC(C)C(N)=NO)C(=O)c1ccc(C)o1. The van der Waals surface area contributed by atoms with Gasteiger partial charge in [-0.1, -0.05) is 12.1 Å². The van der Waals surface area contributed by atoms with Crippen LogP contribution in [0.1, 0.15) is 30.2 Å². The Kier molecular flexibility index (Phi) is 4.76. The first kappa shape index (κ1) is 14.1. The molecule has 0 aromatic carbocycles. The Morgan fingerprint density at radius 2 is 2.28 bits per heavy atom. The molecule has 1 aromatic heterocycles. The number of rotatable bonds is 5. The number of nitrogens with zero attached hydrogens (tertiary/aromatic N) is 2. The number of nitrogens with two attached hydrogens (primary N) is 1. The predicted molar refractivity (Wildman–Crippen MR) is 67.6 cm³/mol. The minimum Gasteiger partial charge on any atom is -0.456 e. The zero-order valence-electron chi connectivity index (χ0n) is 10.9. The summed E-state index contributed by atoms with van der Waals surface area (Å²) in [7, 11) is 0. The van der Waals surface area contributed by atoms with Gasteiger partial charge in [0, 0.05) is 19.0 Å². The third-order valence-corrected chi connectivity index (χ3v) is 2.73. The highest BCUT2D eigenvalue weighted by Gasteiger charge is 2.21. The molecule has 0 saturated carbocycles. The van der Waals surface area contributed by atoms with Gasteiger partial charge in [0.25, 0.3) is 5.91 Å². The number of oxime groups is 1. The molecule has 6 heteroatoms. The van der Waals surface area contributed by atoms with E-state index in [0.717, 1.165) is 0 Å². The zero-order chi connectivity index (χ0) is 13.7. The topological polar surface area (TPSA) is 92.1 Å². The van der Waals surface area contributed by atoms with Crippen LogP contribution in [0, 0.1) is 12.8 Å². The summed E-state index contributed by atoms with van der Waals surface area (Å²) in [5, 5.41) is 11.5. The molecule has 18 heavy (non-hydrogen) atoms. The van der Waals surface area contributed by atoms with E-state index >= 15 is 0 Å². The Hall–Kier alpha value is -1.98. The molecule has 0 aliphatic rings. The van der Waals surface area contributed by atoms with E-state index in [-0.39, 0.29) is 17.7 Å². The molecule has 0 spiro atoms. The molecule has 1 unspecified atom stereocenters. The van der Waals surface area contributed by atoms with E-state index in [1.54, 1.807) is 30.9 Å². The van der Waals surface area contributed by atoms with Gasteiger partial charge in [0.1, 0.15) is 11.6 Å². The van der Waals surface area contributed by atoms with Gasteiger partial charge in [0.15, 0.2) is 5.76 Å². The second kappa shape index (κ2) is 6.09. The van der Waals surface area contributed by atoms with Gasteiger partial charge in [-0.25, -0.2) is 0 Å². The van der Waals surface area contributed by atoms with Crippen LogP contribution in [-0.4, -0.2) is 34.9 Å². The predicted octanol–water partition coefficient (Wildman–Crippen LogP) is 1.43. The largest absolute Gasteiger partial charge is 0.456 e. The fourth-order valence-electron chi connectivity index (χ4n) is 1.58. The van der Waals surface area contributed by atoms with Crippen molar-refractivity contribution in [2.45, 2.75) is 20.8 Å². The Morgan fingerprint density at radius 3 is 2.72 bits per heavy atom. The number of amides is 1. The number of hydrogen-bond acceptors (Lipinski definition) is 4. The monoisotopic (exact) mass is 253 g/mol. The van der Waals surface area contributed by atoms with Crippen molar-refractivity contribution in [1.82, 2.24) is 4.90 Å². The lowest BCUT2D eigenvalue weighted by Crippen LogP contribution is -2.38. The Labute approximate surface area is 106 Å². The van der Waals surface area contributed by atoms with Crippen LogP contribution in [0.5, 0.6) is 0 Å². The van der Waals surface area contributed by atoms with Crippen molar-refractivity contribution in [3.8, 4) is 0 Å². The van der Waals surface area contributed by atoms with Crippen LogP contribution in [0.4, 0.5) is 0 Å². The summed E-state index contributed by atoms with van der Waals surface area (Å²) in [5.41, 5.74) is 5.50. The van der Waals surface area contributed by atoms with Crippen LogP contribution in [0.3, 0.4) is 0 Å². The Balaban J connectivity index is 2.75. The smallest absolute Gasteiger partial charge is 0.289 e. The summed E-state index contributed by atoms with van der Waals surface area (Å²) in [6.45, 7) is 6.35. The van der Waals surface area contributed by atoms with E-state index in [1.165, 1.54) is 0 Å². The number of furan rings is 1. The van der Waals surface area contributed by atoms with Crippen LogP contribution < -0.4 is 5.73 Å². The van der Waals surface area contributed by atoms with Crippen molar-refractivity contribution in [3.05, 3.63) is 23.7 Å². The molecule has 1 atom stereocenters. The third-order valence-electron chi connectivity index (χ3n) is 2.73. The fourth-order valence-corrected chi connectivity index (χ4v) is 1.58. The van der Waals surface area contributed by atoms with Crippen LogP contribution >= 0.6 is 0 Å². The van der Waals surface area contributed by atoms with E-state index in [2.05, 4.69) is 5.16 Å². The number of amidine groups is 1. The summed E-state index contributed by atoms with van der Waals surface area (Å²) >= 11 is 0. The highest BCUT2D eigenvalue weighted by molar-refractivity contribution is 5.92. The molecule has 0 saturated heterocycles. The van der Waals surface area contributed by atoms with Gasteiger partial charge in [0.05, 0.1) is 0 Å². The van der Waals surface area contributed by atoms with Gasteiger partial charge in [-0.05, 0) is 26.0 Å². The van der Waals surface area contributed by atoms with E-state index in [0.29, 0.717) is 24.6 Å². The number of hydrogen-bond donors (Lipinski definition) is 2. The lowest BCUT2D eigenvalue weighted by atomic mass is 10.1. The van der Waals surface area contributed by atoms with E-state index in [4.69, 9.17) is 15.4 Å². The molecule has 1 amide bonds. The van der Waals surface area contributed by atoms with E-state index < -0.39 is 0 Å². The summed E-state index contributed by atoms with van der Waals surface area (Å²) in [5.74, 6) is 0.704. The van der Waals surface area contributed by atoms with Crippen molar-refractivity contribution < 1.29 is 14.4 Å². The molecule has 0 aliphatic carbocycles. The Bertz CT molecular complexity index is 440. The summed E-state index contributed by atoms with van der Waals surface area (Å²) in [6.07, 6.45) is 0. The number of carbonyl (C=O) groups excluding carboxylic acids is 1. The van der Waals surface area contributed by atoms with Crippen molar-refractivity contribution in [3.63, 3.8) is 0 Å². The van der Waals surface area contributed by atoms with Gasteiger partial charge >= 0.3 is 0 Å². The van der Waals surface area contributed by atoms with E-state index in [9.17, 15) is 4.79 Å². The molecule has 1 aromatic rings. The molecular formula is C12H19N3O3. The highest BCUT2D eigenvalue weighted by atomic mass is 16.4. The lowest BCUT2D eigenvalue weighted by molar-refractivity contribution is 0.0720. The molecule has 0 radical (unpaired) electrons. The van der Waals surface area contributed by atoms with Crippen molar-refractivity contribution in [2.75, 3.05) is 13.1 Å². The minimum absolute atomic E-state index is 0.108. The fraction of sp³-hybridized carbons (Fsp3) is 0.500. The highest BCUT2D eigenvalue weighted by Crippen LogP contribution is 2.11. The van der Waals surface area contributed by atoms with Crippen molar-refractivity contribution >= 4 is 11.7 Å². The molecule has 6 nitrogen and oxygen atoms in total.